The van der Waals surface area contributed by atoms with E-state index in [0.717, 1.165) is 16.7 Å². The first-order chi connectivity index (χ1) is 9.70. The summed E-state index contributed by atoms with van der Waals surface area (Å²) in [5, 5.41) is 0. The fourth-order valence-corrected chi connectivity index (χ4v) is 3.74. The SMILES string of the molecule is Cc1ccc(NS(=O)(=O)c2cc(N)cc(C)c2C)c(C)c1. The van der Waals surface area contributed by atoms with Crippen LogP contribution in [0.1, 0.15) is 22.3 Å². The van der Waals surface area contributed by atoms with Crippen LogP contribution in [-0.4, -0.2) is 8.42 Å². The lowest BCUT2D eigenvalue weighted by molar-refractivity contribution is 0.600. The molecule has 0 fully saturated rings. The summed E-state index contributed by atoms with van der Waals surface area (Å²) in [7, 11) is -3.65. The zero-order valence-electron chi connectivity index (χ0n) is 12.7. The Morgan fingerprint density at radius 1 is 0.952 bits per heavy atom. The first-order valence-corrected chi connectivity index (χ1v) is 8.16. The van der Waals surface area contributed by atoms with E-state index in [2.05, 4.69) is 4.72 Å². The Hall–Kier alpha value is -2.01. The number of aryl methyl sites for hydroxylation is 3. The summed E-state index contributed by atoms with van der Waals surface area (Å²) in [6.07, 6.45) is 0. The van der Waals surface area contributed by atoms with Crippen LogP contribution in [0.4, 0.5) is 11.4 Å². The maximum absolute atomic E-state index is 12.6. The van der Waals surface area contributed by atoms with Crippen molar-refractivity contribution in [2.24, 2.45) is 0 Å². The molecule has 0 spiro atoms. The van der Waals surface area contributed by atoms with E-state index in [0.29, 0.717) is 16.9 Å². The van der Waals surface area contributed by atoms with Crippen LogP contribution in [0.15, 0.2) is 35.2 Å². The van der Waals surface area contributed by atoms with Crippen LogP contribution in [-0.2, 0) is 10.0 Å². The molecule has 0 aromatic heterocycles. The van der Waals surface area contributed by atoms with Crippen molar-refractivity contribution in [2.45, 2.75) is 32.6 Å². The molecule has 0 saturated carbocycles. The van der Waals surface area contributed by atoms with E-state index < -0.39 is 10.0 Å². The number of anilines is 2. The Bertz CT molecular complexity index is 796. The minimum absolute atomic E-state index is 0.222. The minimum Gasteiger partial charge on any atom is -0.399 e. The van der Waals surface area contributed by atoms with Crippen molar-refractivity contribution in [1.82, 2.24) is 0 Å². The highest BCUT2D eigenvalue weighted by Gasteiger charge is 2.19. The number of nitrogens with two attached hydrogens (primary N) is 1. The molecule has 0 radical (unpaired) electrons. The molecular formula is C16H20N2O2S. The van der Waals surface area contributed by atoms with E-state index in [9.17, 15) is 8.42 Å². The fourth-order valence-electron chi connectivity index (χ4n) is 2.26. The zero-order chi connectivity index (χ0) is 15.8. The maximum Gasteiger partial charge on any atom is 0.262 e. The maximum atomic E-state index is 12.6. The molecule has 2 rings (SSSR count). The Morgan fingerprint density at radius 3 is 2.24 bits per heavy atom. The van der Waals surface area contributed by atoms with Crippen molar-refractivity contribution in [2.75, 3.05) is 10.5 Å². The van der Waals surface area contributed by atoms with Gasteiger partial charge in [0.05, 0.1) is 10.6 Å². The quantitative estimate of drug-likeness (QED) is 0.855. The lowest BCUT2D eigenvalue weighted by atomic mass is 10.1. The molecular weight excluding hydrogens is 284 g/mol. The Balaban J connectivity index is 2.48. The smallest absolute Gasteiger partial charge is 0.262 e. The number of benzene rings is 2. The predicted octanol–water partition coefficient (Wildman–Crippen LogP) is 3.30. The van der Waals surface area contributed by atoms with Crippen LogP contribution >= 0.6 is 0 Å². The summed E-state index contributed by atoms with van der Waals surface area (Å²) in [6, 6.07) is 8.86. The molecule has 0 atom stereocenters. The van der Waals surface area contributed by atoms with E-state index in [-0.39, 0.29) is 4.90 Å². The van der Waals surface area contributed by atoms with Crippen LogP contribution in [0.2, 0.25) is 0 Å². The van der Waals surface area contributed by atoms with Gasteiger partial charge in [-0.25, -0.2) is 8.42 Å². The van der Waals surface area contributed by atoms with Crippen LogP contribution in [0.5, 0.6) is 0 Å². The van der Waals surface area contributed by atoms with Crippen molar-refractivity contribution < 1.29 is 8.42 Å². The van der Waals surface area contributed by atoms with Crippen molar-refractivity contribution in [1.29, 1.82) is 0 Å². The normalized spacial score (nSPS) is 11.4. The van der Waals surface area contributed by atoms with Gasteiger partial charge in [0.1, 0.15) is 0 Å². The van der Waals surface area contributed by atoms with E-state index in [1.807, 2.05) is 32.9 Å². The number of hydrogen-bond acceptors (Lipinski definition) is 3. The van der Waals surface area contributed by atoms with Gasteiger partial charge < -0.3 is 5.73 Å². The van der Waals surface area contributed by atoms with Crippen LogP contribution in [0.25, 0.3) is 0 Å². The first kappa shape index (κ1) is 15.4. The minimum atomic E-state index is -3.65. The second kappa shape index (κ2) is 5.41. The Labute approximate surface area is 126 Å². The number of nitrogen functional groups attached to an aromatic ring is 1. The largest absolute Gasteiger partial charge is 0.399 e. The molecule has 0 aliphatic heterocycles. The Kier molecular flexibility index (Phi) is 3.96. The number of hydrogen-bond donors (Lipinski definition) is 2. The van der Waals surface area contributed by atoms with Gasteiger partial charge >= 0.3 is 0 Å². The van der Waals surface area contributed by atoms with Gasteiger partial charge in [0.25, 0.3) is 10.0 Å². The van der Waals surface area contributed by atoms with E-state index >= 15 is 0 Å². The summed E-state index contributed by atoms with van der Waals surface area (Å²) >= 11 is 0. The summed E-state index contributed by atoms with van der Waals surface area (Å²) in [5.41, 5.74) is 10.3. The third-order valence-electron chi connectivity index (χ3n) is 3.56. The van der Waals surface area contributed by atoms with Gasteiger partial charge in [-0.3, -0.25) is 4.72 Å². The van der Waals surface area contributed by atoms with Crippen molar-refractivity contribution in [3.63, 3.8) is 0 Å². The highest BCUT2D eigenvalue weighted by molar-refractivity contribution is 7.92. The summed E-state index contributed by atoms with van der Waals surface area (Å²) < 4.78 is 27.8. The molecule has 21 heavy (non-hydrogen) atoms. The average Bonchev–Trinajstić information content (AvgIpc) is 2.37. The second-order valence-corrected chi connectivity index (χ2v) is 7.04. The molecule has 0 heterocycles. The van der Waals surface area contributed by atoms with E-state index in [1.54, 1.807) is 19.1 Å². The van der Waals surface area contributed by atoms with E-state index in [1.165, 1.54) is 6.07 Å². The van der Waals surface area contributed by atoms with Gasteiger partial charge in [0.2, 0.25) is 0 Å². The highest BCUT2D eigenvalue weighted by Crippen LogP contribution is 2.26. The molecule has 4 nitrogen and oxygen atoms in total. The van der Waals surface area contributed by atoms with Crippen molar-refractivity contribution in [3.8, 4) is 0 Å². The highest BCUT2D eigenvalue weighted by atomic mass is 32.2. The van der Waals surface area contributed by atoms with Gasteiger partial charge in [-0.05, 0) is 62.6 Å². The molecule has 3 N–H and O–H groups in total. The predicted molar refractivity (Wildman–Crippen MR) is 87.1 cm³/mol. The number of rotatable bonds is 3. The zero-order valence-corrected chi connectivity index (χ0v) is 13.5. The van der Waals surface area contributed by atoms with Crippen LogP contribution < -0.4 is 10.5 Å². The average molecular weight is 304 g/mol. The summed E-state index contributed by atoms with van der Waals surface area (Å²) in [6.45, 7) is 7.48. The standard InChI is InChI=1S/C16H20N2O2S/c1-10-5-6-15(12(3)7-10)18-21(19,20)16-9-14(17)8-11(2)13(16)4/h5-9,18H,17H2,1-4H3. The fraction of sp³-hybridized carbons (Fsp3) is 0.250. The molecule has 112 valence electrons. The molecule has 2 aromatic carbocycles. The van der Waals surface area contributed by atoms with Gasteiger partial charge in [-0.15, -0.1) is 0 Å². The lowest BCUT2D eigenvalue weighted by Crippen LogP contribution is -2.16. The molecule has 2 aromatic rings. The molecule has 0 aliphatic carbocycles. The topological polar surface area (TPSA) is 72.2 Å². The van der Waals surface area contributed by atoms with E-state index in [4.69, 9.17) is 5.73 Å². The summed E-state index contributed by atoms with van der Waals surface area (Å²) in [5.74, 6) is 0. The van der Waals surface area contributed by atoms with Gasteiger partial charge in [0.15, 0.2) is 0 Å². The van der Waals surface area contributed by atoms with Gasteiger partial charge in [-0.1, -0.05) is 17.7 Å². The summed E-state index contributed by atoms with van der Waals surface area (Å²) in [4.78, 5) is 0.222. The third-order valence-corrected chi connectivity index (χ3v) is 5.05. The van der Waals surface area contributed by atoms with Crippen LogP contribution in [0, 0.1) is 27.7 Å². The monoisotopic (exact) mass is 304 g/mol. The third kappa shape index (κ3) is 3.19. The molecule has 0 unspecified atom stereocenters. The second-order valence-electron chi connectivity index (χ2n) is 5.38. The number of sulfonamides is 1. The molecule has 0 amide bonds. The van der Waals surface area contributed by atoms with Crippen molar-refractivity contribution >= 4 is 21.4 Å². The lowest BCUT2D eigenvalue weighted by Gasteiger charge is -2.14. The molecule has 0 saturated heterocycles. The Morgan fingerprint density at radius 2 is 1.62 bits per heavy atom. The number of nitrogens with one attached hydrogen (secondary N) is 1. The van der Waals surface area contributed by atoms with Gasteiger partial charge in [0, 0.05) is 5.69 Å². The molecule has 0 bridgehead atoms. The molecule has 0 aliphatic rings. The molecule has 5 heteroatoms. The van der Waals surface area contributed by atoms with Crippen molar-refractivity contribution in [3.05, 3.63) is 52.6 Å². The first-order valence-electron chi connectivity index (χ1n) is 6.67. The van der Waals surface area contributed by atoms with Crippen LogP contribution in [0.3, 0.4) is 0 Å². The van der Waals surface area contributed by atoms with Gasteiger partial charge in [-0.2, -0.15) is 0 Å².